The average molecular weight is 655 g/mol. The van der Waals surface area contributed by atoms with Crippen molar-refractivity contribution in [3.05, 3.63) is 47.0 Å². The largest absolute Gasteiger partial charge is 0.478 e. The summed E-state index contributed by atoms with van der Waals surface area (Å²) in [4.78, 5) is 25.4. The maximum atomic E-state index is 14.2. The Morgan fingerprint density at radius 3 is 2.30 bits per heavy atom. The third-order valence-corrected chi connectivity index (χ3v) is 14.1. The molecule has 6 aliphatic rings. The number of ketones is 1. The van der Waals surface area contributed by atoms with Crippen molar-refractivity contribution < 1.29 is 42.3 Å². The molecule has 0 spiro atoms. The first kappa shape index (κ1) is 31.6. The van der Waals surface area contributed by atoms with Gasteiger partial charge in [-0.25, -0.2) is 9.10 Å². The number of Topliss-reactive ketones (excluding diaryl/α,β-unsaturated/α-hetero) is 1. The molecule has 248 valence electrons. The van der Waals surface area contributed by atoms with Crippen molar-refractivity contribution in [2.45, 2.75) is 32.8 Å². The number of aliphatic carboxylic acids is 1. The van der Waals surface area contributed by atoms with Crippen LogP contribution in [0.3, 0.4) is 0 Å². The summed E-state index contributed by atoms with van der Waals surface area (Å²) >= 11 is 0. The van der Waals surface area contributed by atoms with Gasteiger partial charge in [-0.1, -0.05) is 25.1 Å². The number of rotatable bonds is 10. The fourth-order valence-electron chi connectivity index (χ4n) is 9.50. The summed E-state index contributed by atoms with van der Waals surface area (Å²) in [7, 11) is -2.52. The Bertz CT molecular complexity index is 1730. The van der Waals surface area contributed by atoms with Crippen LogP contribution in [0.2, 0.25) is 0 Å². The van der Waals surface area contributed by atoms with Crippen molar-refractivity contribution >= 4 is 44.1 Å². The number of hydrogen-bond acceptors (Lipinski definition) is 6. The summed E-state index contributed by atoms with van der Waals surface area (Å²) in [5.41, 5.74) is 2.64. The highest BCUT2D eigenvalue weighted by Gasteiger charge is 2.61. The number of aliphatic hydroxyl groups is 2. The lowest BCUT2D eigenvalue weighted by Gasteiger charge is -2.55. The highest BCUT2D eigenvalue weighted by atomic mass is 32.2. The Morgan fingerprint density at radius 2 is 1.70 bits per heavy atom. The second kappa shape index (κ2) is 11.0. The van der Waals surface area contributed by atoms with E-state index in [4.69, 9.17) is 0 Å². The third-order valence-electron chi connectivity index (χ3n) is 12.3. The van der Waals surface area contributed by atoms with E-state index < -0.39 is 34.1 Å². The zero-order valence-electron chi connectivity index (χ0n) is 26.9. The number of fused-ring (bicyclic) bond motifs is 4. The van der Waals surface area contributed by atoms with Crippen LogP contribution < -0.4 is 8.61 Å². The highest BCUT2D eigenvalue weighted by molar-refractivity contribution is 7.94. The van der Waals surface area contributed by atoms with Crippen LogP contribution in [0.25, 0.3) is 10.8 Å². The molecule has 2 aromatic rings. The Morgan fingerprint density at radius 1 is 1.04 bits per heavy atom. The number of carbonyl (C=O) groups excluding carboxylic acids is 1. The third kappa shape index (κ3) is 4.62. The van der Waals surface area contributed by atoms with Crippen molar-refractivity contribution in [2.75, 3.05) is 81.2 Å². The predicted octanol–water partition coefficient (Wildman–Crippen LogP) is 1.77. The van der Waals surface area contributed by atoms with Gasteiger partial charge in [-0.2, -0.15) is 8.42 Å². The number of hydrogen-bond donors (Lipinski definition) is 3. The predicted molar refractivity (Wildman–Crippen MR) is 174 cm³/mol. The number of quaternary nitrogens is 2. The summed E-state index contributed by atoms with van der Waals surface area (Å²) in [6.45, 7) is 12.4. The van der Waals surface area contributed by atoms with Crippen molar-refractivity contribution in [2.24, 2.45) is 23.7 Å². The molecule has 4 aliphatic heterocycles. The molecule has 8 rings (SSSR count). The van der Waals surface area contributed by atoms with Crippen LogP contribution in [0.1, 0.15) is 25.8 Å². The maximum Gasteiger partial charge on any atom is 0.332 e. The second-order valence-electron chi connectivity index (χ2n) is 14.5. The topological polar surface area (TPSA) is 135 Å². The lowest BCUT2D eigenvalue weighted by Crippen LogP contribution is -2.75. The molecule has 12 heteroatoms. The number of carboxylic acid groups (broad SMARTS) is 1. The van der Waals surface area contributed by atoms with Crippen molar-refractivity contribution in [1.82, 2.24) is 0 Å². The van der Waals surface area contributed by atoms with E-state index in [1.54, 1.807) is 20.0 Å². The van der Waals surface area contributed by atoms with Gasteiger partial charge in [0.2, 0.25) is 0 Å². The quantitative estimate of drug-likeness (QED) is 0.333. The van der Waals surface area contributed by atoms with Crippen LogP contribution in [-0.4, -0.2) is 123 Å². The van der Waals surface area contributed by atoms with E-state index in [1.165, 1.54) is 8.61 Å². The number of aliphatic hydroxyl groups excluding tert-OH is 2. The number of anilines is 2. The Hall–Kier alpha value is -3.03. The molecule has 3 saturated heterocycles. The van der Waals surface area contributed by atoms with E-state index in [0.717, 1.165) is 90.5 Å². The molecule has 5 atom stereocenters. The fourth-order valence-corrected chi connectivity index (χ4v) is 10.9. The molecule has 3 N–H and O–H groups in total. The number of piperazine rings is 3. The minimum absolute atomic E-state index is 0.0158. The van der Waals surface area contributed by atoms with Gasteiger partial charge in [0.1, 0.15) is 45.1 Å². The first-order valence-electron chi connectivity index (χ1n) is 16.6. The maximum absolute atomic E-state index is 14.2. The van der Waals surface area contributed by atoms with Gasteiger partial charge in [0.15, 0.2) is 0 Å². The monoisotopic (exact) mass is 654 g/mol. The minimum atomic E-state index is -4.08. The normalized spacial score (nSPS) is 33.4. The summed E-state index contributed by atoms with van der Waals surface area (Å²) < 4.78 is 33.2. The van der Waals surface area contributed by atoms with Gasteiger partial charge in [0.05, 0.1) is 43.0 Å². The minimum Gasteiger partial charge on any atom is -0.478 e. The zero-order chi connectivity index (χ0) is 32.8. The molecule has 0 amide bonds. The Kier molecular flexibility index (Phi) is 7.56. The van der Waals surface area contributed by atoms with E-state index in [2.05, 4.69) is 6.07 Å². The first-order valence-corrected chi connectivity index (χ1v) is 18.0. The molecule has 1 saturated carbocycles. The summed E-state index contributed by atoms with van der Waals surface area (Å²) in [6, 6.07) is 9.79. The molecule has 11 nitrogen and oxygen atoms in total. The van der Waals surface area contributed by atoms with Gasteiger partial charge in [0, 0.05) is 43.4 Å². The molecule has 2 aliphatic carbocycles. The van der Waals surface area contributed by atoms with Gasteiger partial charge in [-0.05, 0) is 47.4 Å². The molecule has 1 unspecified atom stereocenters. The SMILES string of the molecule is C[C@@H](O)[C@H]1C(=O)C2C(C(=O)O)=C(CN3c4cccc5cc(CC[N+]67CC[N+](CCCO)(CC6)CC7)cc(c45)N(C)S3(=O)=O)[C@H](C)[C@@H]21. The molecule has 2 aromatic carbocycles. The van der Waals surface area contributed by atoms with Gasteiger partial charge >= 0.3 is 16.2 Å². The lowest BCUT2D eigenvalue weighted by molar-refractivity contribution is -1.08. The van der Waals surface area contributed by atoms with Gasteiger partial charge in [-0.3, -0.25) is 9.10 Å². The van der Waals surface area contributed by atoms with E-state index in [1.807, 2.05) is 25.1 Å². The second-order valence-corrected chi connectivity index (χ2v) is 16.4. The van der Waals surface area contributed by atoms with E-state index in [9.17, 15) is 33.3 Å². The van der Waals surface area contributed by atoms with Crippen molar-refractivity contribution in [1.29, 1.82) is 0 Å². The molecular weight excluding hydrogens is 608 g/mol. The van der Waals surface area contributed by atoms with Crippen LogP contribution in [0.15, 0.2) is 41.5 Å². The lowest BCUT2D eigenvalue weighted by atomic mass is 9.59. The molecule has 46 heavy (non-hydrogen) atoms. The average Bonchev–Trinajstić information content (AvgIpc) is 3.28. The van der Waals surface area contributed by atoms with Crippen molar-refractivity contribution in [3.8, 4) is 0 Å². The number of benzene rings is 2. The standard InChI is InChI=1S/C34H45N4O7S/c1-21-25(31(34(42)43)32-28(21)29(22(2)40)33(32)41)20-36-26-7-4-6-24-18-23(19-27(30(24)26)35(3)46(36,44)45)8-10-38-14-11-37(12-15-38,13-16-38)9-5-17-39/h4,6-7,18-19,21-22,28-29,32,39-40H,5,8-17,20H2,1-3H3/q+1/p+1/t21-,22+,28+,29+,32?,37?,38?/m0/s1. The van der Waals surface area contributed by atoms with Crippen LogP contribution in [-0.2, 0) is 26.2 Å². The fraction of sp³-hybridized carbons (Fsp3) is 0.588. The van der Waals surface area contributed by atoms with Crippen LogP contribution in [0.4, 0.5) is 11.4 Å². The van der Waals surface area contributed by atoms with Crippen LogP contribution in [0, 0.1) is 23.7 Å². The van der Waals surface area contributed by atoms with Gasteiger partial charge in [0.25, 0.3) is 0 Å². The number of carbonyl (C=O) groups is 2. The molecule has 2 bridgehead atoms. The van der Waals surface area contributed by atoms with Gasteiger partial charge < -0.3 is 24.3 Å². The Balaban J connectivity index is 1.18. The van der Waals surface area contributed by atoms with E-state index >= 15 is 0 Å². The van der Waals surface area contributed by atoms with Crippen molar-refractivity contribution in [3.63, 3.8) is 0 Å². The first-order chi connectivity index (χ1) is 21.8. The molecule has 4 fully saturated rings. The van der Waals surface area contributed by atoms with Crippen LogP contribution in [0.5, 0.6) is 0 Å². The smallest absolute Gasteiger partial charge is 0.332 e. The molecule has 4 heterocycles. The van der Waals surface area contributed by atoms with E-state index in [0.29, 0.717) is 16.9 Å². The summed E-state index contributed by atoms with van der Waals surface area (Å²) in [5.74, 6) is -3.68. The van der Waals surface area contributed by atoms with Crippen LogP contribution >= 0.6 is 0 Å². The highest BCUT2D eigenvalue weighted by Crippen LogP contribution is 2.56. The molecule has 0 aromatic heterocycles. The number of carboxylic acids is 1. The van der Waals surface area contributed by atoms with E-state index in [-0.39, 0.29) is 36.3 Å². The molecule has 0 radical (unpaired) electrons. The molecular formula is C34H46N4O7S+2. The Labute approximate surface area is 270 Å². The summed E-state index contributed by atoms with van der Waals surface area (Å²) in [5, 5.41) is 31.5. The number of nitrogens with zero attached hydrogens (tertiary/aromatic N) is 4. The summed E-state index contributed by atoms with van der Waals surface area (Å²) in [6.07, 6.45) is 0.802. The zero-order valence-corrected chi connectivity index (χ0v) is 27.7. The van der Waals surface area contributed by atoms with Gasteiger partial charge in [-0.15, -0.1) is 0 Å².